The first-order valence-electron chi connectivity index (χ1n) is 5.93. The van der Waals surface area contributed by atoms with Crippen molar-refractivity contribution in [3.63, 3.8) is 0 Å². The number of likely N-dealkylation sites (N-methyl/N-ethyl adjacent to an activating group) is 1. The van der Waals surface area contributed by atoms with Crippen LogP contribution in [0.4, 0.5) is 0 Å². The van der Waals surface area contributed by atoms with Gasteiger partial charge in [0.05, 0.1) is 15.6 Å². The molecule has 5 heteroatoms. The third-order valence-electron chi connectivity index (χ3n) is 3.30. The molecule has 0 unspecified atom stereocenters. The van der Waals surface area contributed by atoms with Crippen LogP contribution < -0.4 is 0 Å². The minimum atomic E-state index is -0.0324. The van der Waals surface area contributed by atoms with Crippen LogP contribution in [-0.2, 0) is 0 Å². The quantitative estimate of drug-likeness (QED) is 0.793. The maximum absolute atomic E-state index is 12.4. The molecule has 2 rings (SSSR count). The van der Waals surface area contributed by atoms with E-state index in [9.17, 15) is 4.79 Å². The van der Waals surface area contributed by atoms with Gasteiger partial charge >= 0.3 is 0 Å². The van der Waals surface area contributed by atoms with Crippen LogP contribution in [0.2, 0.25) is 10.0 Å². The first kappa shape index (κ1) is 13.7. The summed E-state index contributed by atoms with van der Waals surface area (Å²) in [5, 5.41) is 0.831. The Balaban J connectivity index is 2.21. The zero-order valence-electron chi connectivity index (χ0n) is 10.5. The van der Waals surface area contributed by atoms with Gasteiger partial charge in [-0.2, -0.15) is 0 Å². The molecule has 0 radical (unpaired) electrons. The summed E-state index contributed by atoms with van der Waals surface area (Å²) in [5.41, 5.74) is 1.38. The maximum atomic E-state index is 12.4. The average molecular weight is 287 g/mol. The second-order valence-electron chi connectivity index (χ2n) is 4.65. The van der Waals surface area contributed by atoms with Crippen LogP contribution in [0.15, 0.2) is 12.1 Å². The Labute approximate surface area is 117 Å². The van der Waals surface area contributed by atoms with Crippen molar-refractivity contribution in [2.45, 2.75) is 6.92 Å². The molecule has 1 heterocycles. The molecule has 0 aliphatic carbocycles. The van der Waals surface area contributed by atoms with Crippen molar-refractivity contribution < 1.29 is 4.79 Å². The van der Waals surface area contributed by atoms with E-state index >= 15 is 0 Å². The Morgan fingerprint density at radius 1 is 1.11 bits per heavy atom. The van der Waals surface area contributed by atoms with Gasteiger partial charge in [0, 0.05) is 26.2 Å². The standard InChI is InChI=1S/C13H16Cl2N2O/c1-9-3-4-10(12(15)11(9)14)13(18)17-7-5-16(2)6-8-17/h3-4H,5-8H2,1-2H3. The average Bonchev–Trinajstić information content (AvgIpc) is 2.36. The van der Waals surface area contributed by atoms with Gasteiger partial charge in [-0.15, -0.1) is 0 Å². The van der Waals surface area contributed by atoms with Gasteiger partial charge in [0.25, 0.3) is 5.91 Å². The molecule has 1 aliphatic rings. The zero-order chi connectivity index (χ0) is 13.3. The molecule has 1 fully saturated rings. The molecule has 1 amide bonds. The highest BCUT2D eigenvalue weighted by molar-refractivity contribution is 6.44. The molecule has 0 N–H and O–H groups in total. The molecule has 3 nitrogen and oxygen atoms in total. The molecule has 98 valence electrons. The van der Waals surface area contributed by atoms with Crippen molar-refractivity contribution in [2.75, 3.05) is 33.2 Å². The fourth-order valence-corrected chi connectivity index (χ4v) is 2.45. The lowest BCUT2D eigenvalue weighted by Crippen LogP contribution is -2.47. The lowest BCUT2D eigenvalue weighted by Gasteiger charge is -2.32. The summed E-state index contributed by atoms with van der Waals surface area (Å²) in [7, 11) is 2.05. The summed E-state index contributed by atoms with van der Waals surface area (Å²) in [5.74, 6) is -0.0324. The Morgan fingerprint density at radius 2 is 1.72 bits per heavy atom. The summed E-state index contributed by atoms with van der Waals surface area (Å²) in [6.07, 6.45) is 0. The van der Waals surface area contributed by atoms with Crippen LogP contribution in [0.25, 0.3) is 0 Å². The molecule has 18 heavy (non-hydrogen) atoms. The Kier molecular flexibility index (Phi) is 4.15. The number of rotatable bonds is 1. The molecule has 0 atom stereocenters. The number of aryl methyl sites for hydroxylation is 1. The van der Waals surface area contributed by atoms with Crippen molar-refractivity contribution in [3.8, 4) is 0 Å². The molecule has 1 saturated heterocycles. The van der Waals surface area contributed by atoms with Crippen molar-refractivity contribution >= 4 is 29.1 Å². The van der Waals surface area contributed by atoms with Crippen molar-refractivity contribution in [1.82, 2.24) is 9.80 Å². The molecule has 1 aliphatic heterocycles. The van der Waals surface area contributed by atoms with Gasteiger partial charge in [0.1, 0.15) is 0 Å². The number of nitrogens with zero attached hydrogens (tertiary/aromatic N) is 2. The highest BCUT2D eigenvalue weighted by atomic mass is 35.5. The van der Waals surface area contributed by atoms with Gasteiger partial charge in [0.15, 0.2) is 0 Å². The summed E-state index contributed by atoms with van der Waals surface area (Å²) >= 11 is 12.2. The number of hydrogen-bond acceptors (Lipinski definition) is 2. The van der Waals surface area contributed by atoms with E-state index in [1.807, 2.05) is 17.9 Å². The number of benzene rings is 1. The largest absolute Gasteiger partial charge is 0.336 e. The molecule has 0 spiro atoms. The third-order valence-corrected chi connectivity index (χ3v) is 4.27. The second-order valence-corrected chi connectivity index (χ2v) is 5.41. The van der Waals surface area contributed by atoms with E-state index in [0.717, 1.165) is 31.7 Å². The van der Waals surface area contributed by atoms with Crippen LogP contribution in [0.5, 0.6) is 0 Å². The lowest BCUT2D eigenvalue weighted by molar-refractivity contribution is 0.0664. The number of carbonyl (C=O) groups excluding carboxylic acids is 1. The van der Waals surface area contributed by atoms with Crippen molar-refractivity contribution in [3.05, 3.63) is 33.3 Å². The fourth-order valence-electron chi connectivity index (χ4n) is 1.99. The van der Waals surface area contributed by atoms with Crippen molar-refractivity contribution in [2.24, 2.45) is 0 Å². The van der Waals surface area contributed by atoms with E-state index in [0.29, 0.717) is 15.6 Å². The third kappa shape index (κ3) is 2.63. The molecular weight excluding hydrogens is 271 g/mol. The number of piperazine rings is 1. The van der Waals surface area contributed by atoms with Crippen molar-refractivity contribution in [1.29, 1.82) is 0 Å². The minimum Gasteiger partial charge on any atom is -0.336 e. The highest BCUT2D eigenvalue weighted by Gasteiger charge is 2.23. The SMILES string of the molecule is Cc1ccc(C(=O)N2CCN(C)CC2)c(Cl)c1Cl. The summed E-state index contributed by atoms with van der Waals surface area (Å²) in [6.45, 7) is 5.12. The zero-order valence-corrected chi connectivity index (χ0v) is 12.1. The molecule has 0 aromatic heterocycles. The van der Waals surface area contributed by atoms with Crippen LogP contribution >= 0.6 is 23.2 Å². The van der Waals surface area contributed by atoms with Gasteiger partial charge in [-0.05, 0) is 25.6 Å². The monoisotopic (exact) mass is 286 g/mol. The van der Waals surface area contributed by atoms with E-state index < -0.39 is 0 Å². The van der Waals surface area contributed by atoms with Crippen LogP contribution in [-0.4, -0.2) is 48.9 Å². The number of amides is 1. The molecule has 1 aromatic rings. The number of carbonyl (C=O) groups is 1. The van der Waals surface area contributed by atoms with E-state index in [1.165, 1.54) is 0 Å². The van der Waals surface area contributed by atoms with E-state index in [-0.39, 0.29) is 5.91 Å². The predicted molar refractivity (Wildman–Crippen MR) is 74.6 cm³/mol. The van der Waals surface area contributed by atoms with Crippen LogP contribution in [0, 0.1) is 6.92 Å². The molecular formula is C13H16Cl2N2O. The molecule has 1 aromatic carbocycles. The smallest absolute Gasteiger partial charge is 0.255 e. The summed E-state index contributed by atoms with van der Waals surface area (Å²) < 4.78 is 0. The predicted octanol–water partition coefficient (Wildman–Crippen LogP) is 2.69. The Morgan fingerprint density at radius 3 is 2.33 bits per heavy atom. The lowest BCUT2D eigenvalue weighted by atomic mass is 10.1. The minimum absolute atomic E-state index is 0.0324. The Hall–Kier alpha value is -0.770. The number of halogens is 2. The van der Waals surface area contributed by atoms with E-state index in [4.69, 9.17) is 23.2 Å². The van der Waals surface area contributed by atoms with E-state index in [1.54, 1.807) is 6.07 Å². The Bertz CT molecular complexity index is 468. The van der Waals surface area contributed by atoms with Gasteiger partial charge in [-0.1, -0.05) is 29.3 Å². The van der Waals surface area contributed by atoms with Gasteiger partial charge in [0.2, 0.25) is 0 Å². The van der Waals surface area contributed by atoms with Gasteiger partial charge in [-0.25, -0.2) is 0 Å². The first-order chi connectivity index (χ1) is 8.50. The highest BCUT2D eigenvalue weighted by Crippen LogP contribution is 2.30. The number of hydrogen-bond donors (Lipinski definition) is 0. The fraction of sp³-hybridized carbons (Fsp3) is 0.462. The van der Waals surface area contributed by atoms with Gasteiger partial charge in [-0.3, -0.25) is 4.79 Å². The normalized spacial score (nSPS) is 17.0. The summed E-state index contributed by atoms with van der Waals surface area (Å²) in [4.78, 5) is 16.4. The summed E-state index contributed by atoms with van der Waals surface area (Å²) in [6, 6.07) is 3.59. The second kappa shape index (κ2) is 5.47. The first-order valence-corrected chi connectivity index (χ1v) is 6.68. The van der Waals surface area contributed by atoms with Crippen LogP contribution in [0.1, 0.15) is 15.9 Å². The van der Waals surface area contributed by atoms with Crippen LogP contribution in [0.3, 0.4) is 0 Å². The topological polar surface area (TPSA) is 23.6 Å². The maximum Gasteiger partial charge on any atom is 0.255 e. The van der Waals surface area contributed by atoms with E-state index in [2.05, 4.69) is 11.9 Å². The van der Waals surface area contributed by atoms with Gasteiger partial charge < -0.3 is 9.80 Å². The molecule has 0 bridgehead atoms. The molecule has 0 saturated carbocycles.